The van der Waals surface area contributed by atoms with Crippen LogP contribution in [0.4, 0.5) is 43.9 Å². The molecule has 0 N–H and O–H groups in total. The molecule has 0 radical (unpaired) electrons. The predicted octanol–water partition coefficient (Wildman–Crippen LogP) is 6.76. The van der Waals surface area contributed by atoms with Crippen LogP contribution in [0.2, 0.25) is 0 Å². The first-order valence-electron chi connectivity index (χ1n) is 9.78. The molecule has 12 heteroatoms. The summed E-state index contributed by atoms with van der Waals surface area (Å²) in [5.41, 5.74) is -5.25. The van der Waals surface area contributed by atoms with E-state index in [1.165, 1.54) is 13.0 Å². The molecule has 5 atom stereocenters. The molecule has 2 saturated carbocycles. The Morgan fingerprint density at radius 1 is 0.903 bits per heavy atom. The summed E-state index contributed by atoms with van der Waals surface area (Å²) in [4.78, 5) is 0. The van der Waals surface area contributed by atoms with Crippen LogP contribution < -0.4 is 0 Å². The van der Waals surface area contributed by atoms with Crippen molar-refractivity contribution in [1.82, 2.24) is 0 Å². The summed E-state index contributed by atoms with van der Waals surface area (Å²) in [6, 6.07) is 0. The Hall–Kier alpha value is -1.04. The van der Waals surface area contributed by atoms with E-state index >= 15 is 0 Å². The highest BCUT2D eigenvalue weighted by atomic mass is 19.4. The van der Waals surface area contributed by atoms with Gasteiger partial charge in [0.25, 0.3) is 0 Å². The molecule has 0 aromatic heterocycles. The maximum atomic E-state index is 14.9. The van der Waals surface area contributed by atoms with Crippen molar-refractivity contribution in [3.63, 3.8) is 0 Å². The lowest BCUT2D eigenvalue weighted by atomic mass is 9.66. The fourth-order valence-corrected chi connectivity index (χ4v) is 5.04. The monoisotopic (exact) mass is 474 g/mol. The van der Waals surface area contributed by atoms with Gasteiger partial charge < -0.3 is 9.47 Å². The summed E-state index contributed by atoms with van der Waals surface area (Å²) in [5, 5.41) is 0. The molecule has 2 aliphatic rings. The summed E-state index contributed by atoms with van der Waals surface area (Å²) in [6.45, 7) is 5.35. The fraction of sp³-hybridized carbons (Fsp3) is 0.895. The number of halogens is 10. The molecule has 0 spiro atoms. The van der Waals surface area contributed by atoms with Gasteiger partial charge in [0.1, 0.15) is 0 Å². The van der Waals surface area contributed by atoms with Gasteiger partial charge in [0, 0.05) is 12.5 Å². The van der Waals surface area contributed by atoms with Crippen LogP contribution in [0.5, 0.6) is 0 Å². The maximum Gasteiger partial charge on any atom is 0.456 e. The van der Waals surface area contributed by atoms with Gasteiger partial charge in [0.05, 0.1) is 0 Å². The van der Waals surface area contributed by atoms with Crippen molar-refractivity contribution in [1.29, 1.82) is 0 Å². The van der Waals surface area contributed by atoms with Crippen LogP contribution in [0.25, 0.3) is 0 Å². The Labute approximate surface area is 172 Å². The summed E-state index contributed by atoms with van der Waals surface area (Å²) in [7, 11) is 0. The van der Waals surface area contributed by atoms with E-state index in [1.807, 2.05) is 0 Å². The molecule has 0 aliphatic heterocycles. The van der Waals surface area contributed by atoms with Crippen LogP contribution in [0.1, 0.15) is 39.5 Å². The summed E-state index contributed by atoms with van der Waals surface area (Å²) in [5.74, 6) is -18.2. The van der Waals surface area contributed by atoms with Gasteiger partial charge in [0.15, 0.2) is 6.29 Å². The van der Waals surface area contributed by atoms with Gasteiger partial charge in [-0.3, -0.25) is 0 Å². The standard InChI is InChI=1S/C19H24F10O2/c1-4-6-30-10(3)31-15(16(20,21)18(24,25)26,17(22,23)19(27,28)29)14-9-11-7-12(5-2)13(14)8-11/h5,10-14H,2,4,6-9H2,1,3H3. The topological polar surface area (TPSA) is 18.5 Å². The molecule has 31 heavy (non-hydrogen) atoms. The lowest BCUT2D eigenvalue weighted by molar-refractivity contribution is -0.461. The van der Waals surface area contributed by atoms with E-state index in [0.717, 1.165) is 6.92 Å². The van der Waals surface area contributed by atoms with Crippen molar-refractivity contribution in [2.45, 2.75) is 75.6 Å². The van der Waals surface area contributed by atoms with Gasteiger partial charge in [-0.05, 0) is 50.4 Å². The second-order valence-corrected chi connectivity index (χ2v) is 8.18. The van der Waals surface area contributed by atoms with E-state index in [2.05, 4.69) is 11.3 Å². The van der Waals surface area contributed by atoms with E-state index in [0.29, 0.717) is 0 Å². The zero-order chi connectivity index (χ0) is 24.0. The normalized spacial score (nSPS) is 28.8. The molecule has 2 nitrogen and oxygen atoms in total. The van der Waals surface area contributed by atoms with Crippen LogP contribution in [0, 0.1) is 23.7 Å². The van der Waals surface area contributed by atoms with Crippen LogP contribution in [0.3, 0.4) is 0 Å². The highest BCUT2D eigenvalue weighted by Crippen LogP contribution is 2.67. The summed E-state index contributed by atoms with van der Waals surface area (Å²) < 4.78 is 149. The molecule has 0 aromatic carbocycles. The lowest BCUT2D eigenvalue weighted by Crippen LogP contribution is -2.75. The van der Waals surface area contributed by atoms with E-state index in [-0.39, 0.29) is 25.9 Å². The number of alkyl halides is 10. The van der Waals surface area contributed by atoms with Gasteiger partial charge in [-0.15, -0.1) is 6.58 Å². The van der Waals surface area contributed by atoms with Crippen LogP contribution >= 0.6 is 0 Å². The Bertz CT molecular complexity index is 617. The molecule has 182 valence electrons. The van der Waals surface area contributed by atoms with Crippen molar-refractivity contribution in [2.75, 3.05) is 6.61 Å². The molecule has 2 rings (SSSR count). The van der Waals surface area contributed by atoms with Crippen LogP contribution in [-0.2, 0) is 9.47 Å². The van der Waals surface area contributed by atoms with E-state index < -0.39 is 66.2 Å². The number of fused-ring (bicyclic) bond motifs is 2. The first-order chi connectivity index (χ1) is 14.0. The van der Waals surface area contributed by atoms with Crippen molar-refractivity contribution >= 4 is 0 Å². The van der Waals surface area contributed by atoms with Crippen molar-refractivity contribution < 1.29 is 53.4 Å². The Balaban J connectivity index is 2.77. The molecule has 0 saturated heterocycles. The summed E-state index contributed by atoms with van der Waals surface area (Å²) >= 11 is 0. The Morgan fingerprint density at radius 3 is 1.81 bits per heavy atom. The molecule has 2 bridgehead atoms. The maximum absolute atomic E-state index is 14.9. The van der Waals surface area contributed by atoms with Crippen molar-refractivity contribution in [3.8, 4) is 0 Å². The molecule has 0 heterocycles. The van der Waals surface area contributed by atoms with Crippen molar-refractivity contribution in [3.05, 3.63) is 12.7 Å². The molecule has 2 fully saturated rings. The highest BCUT2D eigenvalue weighted by Gasteiger charge is 2.89. The fourth-order valence-electron chi connectivity index (χ4n) is 5.04. The molecule has 0 amide bonds. The first kappa shape index (κ1) is 26.2. The number of ether oxygens (including phenoxy) is 2. The highest BCUT2D eigenvalue weighted by molar-refractivity contribution is 5.19. The third-order valence-electron chi connectivity index (χ3n) is 6.24. The smallest absolute Gasteiger partial charge is 0.353 e. The molecule has 5 unspecified atom stereocenters. The van der Waals surface area contributed by atoms with E-state index in [9.17, 15) is 43.9 Å². The number of hydrogen-bond donors (Lipinski definition) is 0. The lowest BCUT2D eigenvalue weighted by Gasteiger charge is -2.52. The van der Waals surface area contributed by atoms with Crippen LogP contribution in [-0.4, -0.2) is 42.7 Å². The number of hydrogen-bond acceptors (Lipinski definition) is 2. The molecule has 0 aromatic rings. The zero-order valence-electron chi connectivity index (χ0n) is 16.8. The van der Waals surface area contributed by atoms with Gasteiger partial charge >= 0.3 is 24.2 Å². The molecular weight excluding hydrogens is 450 g/mol. The largest absolute Gasteiger partial charge is 0.456 e. The van der Waals surface area contributed by atoms with Gasteiger partial charge in [-0.1, -0.05) is 13.0 Å². The average Bonchev–Trinajstić information content (AvgIpc) is 3.22. The quantitative estimate of drug-likeness (QED) is 0.209. The summed E-state index contributed by atoms with van der Waals surface area (Å²) in [6.07, 6.45) is -14.8. The molecule has 2 aliphatic carbocycles. The second-order valence-electron chi connectivity index (χ2n) is 8.18. The predicted molar refractivity (Wildman–Crippen MR) is 89.5 cm³/mol. The third kappa shape index (κ3) is 4.06. The van der Waals surface area contributed by atoms with Gasteiger partial charge in [-0.2, -0.15) is 43.9 Å². The SMILES string of the molecule is C=CC1CC2CC1C(C(OC(C)OCCC)(C(F)(F)C(F)(F)F)C(F)(F)C(F)(F)F)C2. The Morgan fingerprint density at radius 2 is 1.42 bits per heavy atom. The Kier molecular flexibility index (Phi) is 7.09. The molecular formula is C19H24F10O2. The zero-order valence-corrected chi connectivity index (χ0v) is 16.8. The minimum atomic E-state index is -6.74. The second kappa shape index (κ2) is 8.39. The minimum Gasteiger partial charge on any atom is -0.353 e. The van der Waals surface area contributed by atoms with Crippen LogP contribution in [0.15, 0.2) is 12.7 Å². The van der Waals surface area contributed by atoms with Gasteiger partial charge in [0.2, 0.25) is 5.60 Å². The van der Waals surface area contributed by atoms with E-state index in [1.54, 1.807) is 0 Å². The first-order valence-corrected chi connectivity index (χ1v) is 9.78. The third-order valence-corrected chi connectivity index (χ3v) is 6.24. The van der Waals surface area contributed by atoms with Gasteiger partial charge in [-0.25, -0.2) is 0 Å². The van der Waals surface area contributed by atoms with Crippen molar-refractivity contribution in [2.24, 2.45) is 23.7 Å². The average molecular weight is 474 g/mol. The minimum absolute atomic E-state index is 0.0709. The number of rotatable bonds is 9. The van der Waals surface area contributed by atoms with E-state index in [4.69, 9.17) is 4.74 Å². The number of allylic oxidation sites excluding steroid dienone is 1.